The number of aryl methyl sites for hydroxylation is 2. The van der Waals surface area contributed by atoms with Crippen molar-refractivity contribution in [2.75, 3.05) is 16.6 Å². The smallest absolute Gasteiger partial charge is 0.264 e. The number of aromatic nitrogens is 1. The highest BCUT2D eigenvalue weighted by Crippen LogP contribution is 2.29. The second-order valence-corrected chi connectivity index (χ2v) is 9.93. The minimum atomic E-state index is -3.72. The zero-order valence-electron chi connectivity index (χ0n) is 18.4. The number of nitrogens with zero attached hydrogens (tertiary/aromatic N) is 2. The molecule has 0 saturated heterocycles. The Hall–Kier alpha value is -3.06. The van der Waals surface area contributed by atoms with Crippen molar-refractivity contribution < 1.29 is 13.2 Å². The molecule has 0 amide bonds. The first-order valence-corrected chi connectivity index (χ1v) is 11.6. The average Bonchev–Trinajstić information content (AvgIpc) is 2.71. The van der Waals surface area contributed by atoms with Crippen LogP contribution in [0.5, 0.6) is 5.75 Å². The van der Waals surface area contributed by atoms with Crippen LogP contribution in [0, 0.1) is 19.8 Å². The van der Waals surface area contributed by atoms with Gasteiger partial charge in [-0.15, -0.1) is 0 Å². The molecule has 0 aliphatic carbocycles. The summed E-state index contributed by atoms with van der Waals surface area (Å²) in [6.07, 6.45) is 1.63. The summed E-state index contributed by atoms with van der Waals surface area (Å²) in [5, 5.41) is 0. The molecule has 0 fully saturated rings. The SMILES string of the molecule is Cc1ccc(N(CC(C)C)S(=O)(=O)c2ccc(OCc3ccnc(N)c3)cc2)c(C)c1. The van der Waals surface area contributed by atoms with Crippen LogP contribution in [-0.2, 0) is 16.6 Å². The van der Waals surface area contributed by atoms with Crippen molar-refractivity contribution in [1.82, 2.24) is 4.98 Å². The summed E-state index contributed by atoms with van der Waals surface area (Å²) in [5.41, 5.74) is 9.31. The van der Waals surface area contributed by atoms with Crippen LogP contribution in [-0.4, -0.2) is 19.9 Å². The van der Waals surface area contributed by atoms with Crippen molar-refractivity contribution in [3.05, 3.63) is 77.5 Å². The van der Waals surface area contributed by atoms with E-state index < -0.39 is 10.0 Å². The summed E-state index contributed by atoms with van der Waals surface area (Å²) in [4.78, 5) is 4.19. The molecule has 0 bridgehead atoms. The van der Waals surface area contributed by atoms with E-state index in [1.807, 2.05) is 52.0 Å². The monoisotopic (exact) mass is 439 g/mol. The predicted molar refractivity (Wildman–Crippen MR) is 125 cm³/mol. The standard InChI is InChI=1S/C24H29N3O3S/c1-17(2)15-27(23-10-5-18(3)13-19(23)4)31(28,29)22-8-6-21(7-9-22)30-16-20-11-12-26-24(25)14-20/h5-14,17H,15-16H2,1-4H3,(H2,25,26). The fraction of sp³-hybridized carbons (Fsp3) is 0.292. The molecular formula is C24H29N3O3S. The molecule has 6 nitrogen and oxygen atoms in total. The topological polar surface area (TPSA) is 85.5 Å². The van der Waals surface area contributed by atoms with Gasteiger partial charge in [0.15, 0.2) is 0 Å². The fourth-order valence-electron chi connectivity index (χ4n) is 3.33. The van der Waals surface area contributed by atoms with Crippen molar-refractivity contribution in [3.8, 4) is 5.75 Å². The van der Waals surface area contributed by atoms with Crippen molar-refractivity contribution in [2.45, 2.75) is 39.2 Å². The molecule has 1 heterocycles. The van der Waals surface area contributed by atoms with E-state index in [4.69, 9.17) is 10.5 Å². The largest absolute Gasteiger partial charge is 0.489 e. The highest BCUT2D eigenvalue weighted by atomic mass is 32.2. The van der Waals surface area contributed by atoms with Gasteiger partial charge >= 0.3 is 0 Å². The van der Waals surface area contributed by atoms with Gasteiger partial charge in [-0.2, -0.15) is 0 Å². The summed E-state index contributed by atoms with van der Waals surface area (Å²) in [6.45, 7) is 8.67. The van der Waals surface area contributed by atoms with Crippen LogP contribution in [0.15, 0.2) is 65.7 Å². The third kappa shape index (κ3) is 5.55. The number of nitrogens with two attached hydrogens (primary N) is 1. The van der Waals surface area contributed by atoms with Crippen LogP contribution in [0.4, 0.5) is 11.5 Å². The van der Waals surface area contributed by atoms with Gasteiger partial charge in [0.1, 0.15) is 18.2 Å². The third-order valence-corrected chi connectivity index (χ3v) is 6.61. The molecule has 0 aliphatic heterocycles. The van der Waals surface area contributed by atoms with Crippen molar-refractivity contribution in [1.29, 1.82) is 0 Å². The van der Waals surface area contributed by atoms with Crippen LogP contribution in [0.1, 0.15) is 30.5 Å². The normalized spacial score (nSPS) is 11.5. The van der Waals surface area contributed by atoms with Crippen LogP contribution >= 0.6 is 0 Å². The van der Waals surface area contributed by atoms with Crippen LogP contribution in [0.25, 0.3) is 0 Å². The molecule has 0 spiro atoms. The van der Waals surface area contributed by atoms with E-state index in [1.54, 1.807) is 36.5 Å². The van der Waals surface area contributed by atoms with E-state index in [9.17, 15) is 8.42 Å². The van der Waals surface area contributed by atoms with Gasteiger partial charge in [-0.05, 0) is 73.4 Å². The zero-order chi connectivity index (χ0) is 22.6. The lowest BCUT2D eigenvalue weighted by molar-refractivity contribution is 0.306. The summed E-state index contributed by atoms with van der Waals surface area (Å²) in [5.74, 6) is 1.18. The maximum atomic E-state index is 13.5. The molecule has 3 rings (SSSR count). The lowest BCUT2D eigenvalue weighted by Crippen LogP contribution is -2.34. The molecule has 0 radical (unpaired) electrons. The lowest BCUT2D eigenvalue weighted by Gasteiger charge is -2.28. The quantitative estimate of drug-likeness (QED) is 0.549. The van der Waals surface area contributed by atoms with Crippen molar-refractivity contribution in [3.63, 3.8) is 0 Å². The summed E-state index contributed by atoms with van der Waals surface area (Å²) in [7, 11) is -3.72. The van der Waals surface area contributed by atoms with Gasteiger partial charge in [0.25, 0.3) is 10.0 Å². The summed E-state index contributed by atoms with van der Waals surface area (Å²) < 4.78 is 34.3. The maximum Gasteiger partial charge on any atom is 0.264 e. The lowest BCUT2D eigenvalue weighted by atomic mass is 10.1. The molecule has 0 atom stereocenters. The number of sulfonamides is 1. The van der Waals surface area contributed by atoms with E-state index >= 15 is 0 Å². The Labute approximate surface area is 184 Å². The second kappa shape index (κ2) is 9.39. The third-order valence-electron chi connectivity index (χ3n) is 4.81. The Bertz CT molecular complexity index is 1140. The molecule has 2 aromatic carbocycles. The Morgan fingerprint density at radius 3 is 2.35 bits per heavy atom. The molecular weight excluding hydrogens is 410 g/mol. The molecule has 1 aromatic heterocycles. The highest BCUT2D eigenvalue weighted by molar-refractivity contribution is 7.92. The molecule has 3 aromatic rings. The molecule has 2 N–H and O–H groups in total. The van der Waals surface area contributed by atoms with E-state index in [-0.39, 0.29) is 10.8 Å². The summed E-state index contributed by atoms with van der Waals surface area (Å²) >= 11 is 0. The minimum Gasteiger partial charge on any atom is -0.489 e. The number of hydrogen-bond acceptors (Lipinski definition) is 5. The van der Waals surface area contributed by atoms with Gasteiger partial charge in [-0.3, -0.25) is 4.31 Å². The number of benzene rings is 2. The van der Waals surface area contributed by atoms with Gasteiger partial charge in [0, 0.05) is 12.7 Å². The molecule has 0 unspecified atom stereocenters. The van der Waals surface area contributed by atoms with Crippen molar-refractivity contribution in [2.24, 2.45) is 5.92 Å². The number of rotatable bonds is 8. The van der Waals surface area contributed by atoms with Gasteiger partial charge in [0.05, 0.1) is 10.6 Å². The maximum absolute atomic E-state index is 13.5. The second-order valence-electron chi connectivity index (χ2n) is 8.07. The summed E-state index contributed by atoms with van der Waals surface area (Å²) in [6, 6.07) is 15.9. The van der Waals surface area contributed by atoms with Crippen LogP contribution in [0.3, 0.4) is 0 Å². The number of ether oxygens (including phenoxy) is 1. The number of anilines is 2. The first kappa shape index (κ1) is 22.6. The van der Waals surface area contributed by atoms with Gasteiger partial charge < -0.3 is 10.5 Å². The van der Waals surface area contributed by atoms with Crippen LogP contribution < -0.4 is 14.8 Å². The highest BCUT2D eigenvalue weighted by Gasteiger charge is 2.27. The molecule has 0 saturated carbocycles. The van der Waals surface area contributed by atoms with Crippen molar-refractivity contribution >= 4 is 21.5 Å². The van der Waals surface area contributed by atoms with E-state index in [0.29, 0.717) is 30.4 Å². The predicted octanol–water partition coefficient (Wildman–Crippen LogP) is 4.71. The van der Waals surface area contributed by atoms with E-state index in [1.165, 1.54) is 4.31 Å². The number of hydrogen-bond donors (Lipinski definition) is 1. The average molecular weight is 440 g/mol. The minimum absolute atomic E-state index is 0.172. The Morgan fingerprint density at radius 1 is 1.03 bits per heavy atom. The first-order valence-electron chi connectivity index (χ1n) is 10.2. The molecule has 164 valence electrons. The number of pyridine rings is 1. The Morgan fingerprint density at radius 2 is 1.74 bits per heavy atom. The van der Waals surface area contributed by atoms with E-state index in [2.05, 4.69) is 4.98 Å². The van der Waals surface area contributed by atoms with Gasteiger partial charge in [0.2, 0.25) is 0 Å². The van der Waals surface area contributed by atoms with Gasteiger partial charge in [-0.1, -0.05) is 31.5 Å². The molecule has 7 heteroatoms. The van der Waals surface area contributed by atoms with E-state index in [0.717, 1.165) is 16.7 Å². The zero-order valence-corrected chi connectivity index (χ0v) is 19.2. The first-order chi connectivity index (χ1) is 14.7. The molecule has 0 aliphatic rings. The van der Waals surface area contributed by atoms with Gasteiger partial charge in [-0.25, -0.2) is 13.4 Å². The Balaban J connectivity index is 1.84. The number of nitrogen functional groups attached to an aromatic ring is 1. The fourth-order valence-corrected chi connectivity index (χ4v) is 5.02. The Kier molecular flexibility index (Phi) is 6.85. The van der Waals surface area contributed by atoms with Crippen LogP contribution in [0.2, 0.25) is 0 Å². The molecule has 31 heavy (non-hydrogen) atoms.